The number of aliphatic imine (C=N–C) groups is 1. The molecule has 0 aromatic heterocycles. The summed E-state index contributed by atoms with van der Waals surface area (Å²) in [6.07, 6.45) is 0. The van der Waals surface area contributed by atoms with Gasteiger partial charge in [-0.25, -0.2) is 0 Å². The molecule has 0 saturated carbocycles. The summed E-state index contributed by atoms with van der Waals surface area (Å²) in [5.74, 6) is -1.27. The number of non-ortho nitro benzene ring substituents is 1. The van der Waals surface area contributed by atoms with E-state index in [4.69, 9.17) is 10.7 Å². The Hall–Kier alpha value is -4.37. The van der Waals surface area contributed by atoms with E-state index in [0.717, 1.165) is 11.1 Å². The number of carbonyl (C=O) groups is 2. The van der Waals surface area contributed by atoms with Crippen molar-refractivity contribution < 1.29 is 14.5 Å². The van der Waals surface area contributed by atoms with Gasteiger partial charge in [0.05, 0.1) is 16.3 Å². The molecule has 34 heavy (non-hydrogen) atoms. The third kappa shape index (κ3) is 4.84. The number of rotatable bonds is 7. The first kappa shape index (κ1) is 22.8. The number of hydrogen-bond donors (Lipinski definition) is 3. The lowest BCUT2D eigenvalue weighted by atomic mass is 9.90. The van der Waals surface area contributed by atoms with E-state index in [1.807, 2.05) is 48.5 Å². The van der Waals surface area contributed by atoms with Gasteiger partial charge in [0, 0.05) is 43.4 Å². The molecule has 9 nitrogen and oxygen atoms in total. The van der Waals surface area contributed by atoms with Crippen LogP contribution in [0.3, 0.4) is 0 Å². The van der Waals surface area contributed by atoms with Gasteiger partial charge in [-0.15, -0.1) is 0 Å². The Morgan fingerprint density at radius 3 is 2.38 bits per heavy atom. The Kier molecular flexibility index (Phi) is 6.46. The zero-order valence-corrected chi connectivity index (χ0v) is 18.4. The molecule has 0 bridgehead atoms. The number of nitrogens with zero attached hydrogens (tertiary/aromatic N) is 2. The van der Waals surface area contributed by atoms with Crippen LogP contribution in [-0.2, 0) is 22.7 Å². The van der Waals surface area contributed by atoms with Crippen molar-refractivity contribution in [2.24, 2.45) is 10.7 Å². The van der Waals surface area contributed by atoms with Gasteiger partial charge in [-0.1, -0.05) is 36.4 Å². The first-order valence-electron chi connectivity index (χ1n) is 10.7. The second-order valence-corrected chi connectivity index (χ2v) is 7.93. The van der Waals surface area contributed by atoms with Crippen LogP contribution in [0.1, 0.15) is 35.1 Å². The minimum Gasteiger partial charge on any atom is -0.352 e. The monoisotopic (exact) mass is 457 g/mol. The van der Waals surface area contributed by atoms with E-state index < -0.39 is 10.8 Å². The van der Waals surface area contributed by atoms with Gasteiger partial charge in [-0.3, -0.25) is 24.7 Å². The Morgan fingerprint density at radius 1 is 1.09 bits per heavy atom. The molecule has 4 rings (SSSR count). The summed E-state index contributed by atoms with van der Waals surface area (Å²) < 4.78 is 0. The van der Waals surface area contributed by atoms with E-state index in [1.54, 1.807) is 0 Å². The molecule has 9 heteroatoms. The highest BCUT2D eigenvalue weighted by Crippen LogP contribution is 2.38. The number of amides is 2. The predicted octanol–water partition coefficient (Wildman–Crippen LogP) is 3.55. The average molecular weight is 457 g/mol. The van der Waals surface area contributed by atoms with Gasteiger partial charge in [0.2, 0.25) is 11.8 Å². The predicted molar refractivity (Wildman–Crippen MR) is 129 cm³/mol. The number of anilines is 1. The van der Waals surface area contributed by atoms with Crippen molar-refractivity contribution >= 4 is 34.6 Å². The van der Waals surface area contributed by atoms with E-state index in [0.29, 0.717) is 41.3 Å². The van der Waals surface area contributed by atoms with Crippen molar-refractivity contribution in [3.05, 3.63) is 99.1 Å². The summed E-state index contributed by atoms with van der Waals surface area (Å²) in [5.41, 5.74) is 10.2. The van der Waals surface area contributed by atoms with Gasteiger partial charge >= 0.3 is 0 Å². The van der Waals surface area contributed by atoms with Crippen LogP contribution in [-0.4, -0.2) is 22.4 Å². The van der Waals surface area contributed by atoms with Crippen LogP contribution in [0, 0.1) is 10.1 Å². The molecule has 1 aliphatic heterocycles. The van der Waals surface area contributed by atoms with Crippen molar-refractivity contribution in [2.45, 2.75) is 25.9 Å². The zero-order valence-electron chi connectivity index (χ0n) is 18.4. The van der Waals surface area contributed by atoms with Crippen molar-refractivity contribution in [1.82, 2.24) is 5.32 Å². The van der Waals surface area contributed by atoms with Crippen LogP contribution < -0.4 is 16.4 Å². The lowest BCUT2D eigenvalue weighted by molar-refractivity contribution is -0.384. The summed E-state index contributed by atoms with van der Waals surface area (Å²) in [7, 11) is 0. The van der Waals surface area contributed by atoms with Crippen LogP contribution in [0.5, 0.6) is 0 Å². The maximum absolute atomic E-state index is 13.0. The minimum absolute atomic E-state index is 0.0995. The molecule has 0 spiro atoms. The molecule has 1 unspecified atom stereocenters. The van der Waals surface area contributed by atoms with Gasteiger partial charge < -0.3 is 16.4 Å². The molecule has 0 radical (unpaired) electrons. The van der Waals surface area contributed by atoms with E-state index in [9.17, 15) is 19.7 Å². The Bertz CT molecular complexity index is 1280. The summed E-state index contributed by atoms with van der Waals surface area (Å²) in [6.45, 7) is 2.22. The van der Waals surface area contributed by atoms with Gasteiger partial charge in [-0.2, -0.15) is 0 Å². The number of nitro groups is 1. The van der Waals surface area contributed by atoms with Crippen LogP contribution in [0.15, 0.2) is 71.7 Å². The maximum atomic E-state index is 13.0. The SMILES string of the molecule is CC(=O)NCc1ccc(C(=Nc2ccc(CN)cc2)C2C(=O)Nc3ccc([N+](=O)[O-])cc32)cc1. The van der Waals surface area contributed by atoms with E-state index in [-0.39, 0.29) is 17.5 Å². The molecular weight excluding hydrogens is 434 g/mol. The smallest absolute Gasteiger partial charge is 0.269 e. The van der Waals surface area contributed by atoms with Crippen molar-refractivity contribution in [3.63, 3.8) is 0 Å². The molecule has 3 aromatic carbocycles. The standard InChI is InChI=1S/C25H23N5O4/c1-15(31)27-14-17-2-6-18(7-3-17)24(28-19-8-4-16(13-26)5-9-19)23-21-12-20(30(33)34)10-11-22(21)29-25(23)32/h2-12,23H,13-14,26H2,1H3,(H,27,31)(H,29,32). The second-order valence-electron chi connectivity index (χ2n) is 7.93. The fourth-order valence-corrected chi connectivity index (χ4v) is 3.80. The third-order valence-electron chi connectivity index (χ3n) is 5.56. The number of carbonyl (C=O) groups excluding carboxylic acids is 2. The quantitative estimate of drug-likeness (QED) is 0.283. The number of benzene rings is 3. The van der Waals surface area contributed by atoms with Gasteiger partial charge in [-0.05, 0) is 34.9 Å². The van der Waals surface area contributed by atoms with Crippen LogP contribution in [0.25, 0.3) is 0 Å². The van der Waals surface area contributed by atoms with Crippen molar-refractivity contribution in [3.8, 4) is 0 Å². The second kappa shape index (κ2) is 9.63. The summed E-state index contributed by atoms with van der Waals surface area (Å²) in [4.78, 5) is 39.9. The molecule has 172 valence electrons. The normalized spacial score (nSPS) is 14.9. The molecule has 0 aliphatic carbocycles. The fourth-order valence-electron chi connectivity index (χ4n) is 3.80. The molecule has 3 aromatic rings. The van der Waals surface area contributed by atoms with E-state index in [1.165, 1.54) is 25.1 Å². The summed E-state index contributed by atoms with van der Waals surface area (Å²) >= 11 is 0. The molecule has 0 saturated heterocycles. The molecule has 1 atom stereocenters. The van der Waals surface area contributed by atoms with Crippen LogP contribution in [0.4, 0.5) is 17.1 Å². The third-order valence-corrected chi connectivity index (χ3v) is 5.56. The van der Waals surface area contributed by atoms with E-state index >= 15 is 0 Å². The molecule has 2 amide bonds. The number of nitrogens with one attached hydrogen (secondary N) is 2. The Morgan fingerprint density at radius 2 is 1.76 bits per heavy atom. The largest absolute Gasteiger partial charge is 0.352 e. The zero-order chi connectivity index (χ0) is 24.2. The average Bonchev–Trinajstić information content (AvgIpc) is 3.16. The van der Waals surface area contributed by atoms with Crippen molar-refractivity contribution in [2.75, 3.05) is 5.32 Å². The maximum Gasteiger partial charge on any atom is 0.269 e. The first-order valence-corrected chi connectivity index (χ1v) is 10.7. The van der Waals surface area contributed by atoms with Crippen molar-refractivity contribution in [1.29, 1.82) is 0 Å². The van der Waals surface area contributed by atoms with E-state index in [2.05, 4.69) is 10.6 Å². The van der Waals surface area contributed by atoms with Gasteiger partial charge in [0.15, 0.2) is 0 Å². The number of fused-ring (bicyclic) bond motifs is 1. The Labute approximate surface area is 195 Å². The highest BCUT2D eigenvalue weighted by atomic mass is 16.6. The Balaban J connectivity index is 1.80. The highest BCUT2D eigenvalue weighted by molar-refractivity contribution is 6.24. The number of nitro benzene ring substituents is 1. The summed E-state index contributed by atoms with van der Waals surface area (Å²) in [6, 6.07) is 19.0. The van der Waals surface area contributed by atoms with Crippen LogP contribution in [0.2, 0.25) is 0 Å². The molecule has 0 fully saturated rings. The summed E-state index contributed by atoms with van der Waals surface area (Å²) in [5, 5.41) is 16.9. The molecule has 1 aliphatic rings. The lowest BCUT2D eigenvalue weighted by Gasteiger charge is -2.15. The van der Waals surface area contributed by atoms with Gasteiger partial charge in [0.1, 0.15) is 5.92 Å². The first-order chi connectivity index (χ1) is 16.4. The fraction of sp³-hybridized carbons (Fsp3) is 0.160. The number of hydrogen-bond acceptors (Lipinski definition) is 6. The topological polar surface area (TPSA) is 140 Å². The van der Waals surface area contributed by atoms with Crippen LogP contribution >= 0.6 is 0 Å². The minimum atomic E-state index is -0.828. The molecule has 1 heterocycles. The highest BCUT2D eigenvalue weighted by Gasteiger charge is 2.36. The molecule has 4 N–H and O–H groups in total. The molecular formula is C25H23N5O4. The lowest BCUT2D eigenvalue weighted by Crippen LogP contribution is -2.22. The number of nitrogens with two attached hydrogens (primary N) is 1. The van der Waals surface area contributed by atoms with Gasteiger partial charge in [0.25, 0.3) is 5.69 Å².